The molecule has 1 aromatic heterocycles. The van der Waals surface area contributed by atoms with Gasteiger partial charge in [-0.25, -0.2) is 9.78 Å². The molecule has 0 aliphatic carbocycles. The van der Waals surface area contributed by atoms with Crippen LogP contribution in [0.3, 0.4) is 0 Å². The standard InChI is InChI=1S/C17H13NO3/c19-16-14(10-11-6-2-1-3-7-11)18-13-9-5-4-8-12(13)15(16)17(20)21/h1-9,19H,10H2,(H,20,21). The van der Waals surface area contributed by atoms with Crippen molar-refractivity contribution in [1.82, 2.24) is 4.98 Å². The Hall–Kier alpha value is -2.88. The Morgan fingerprint density at radius 2 is 1.67 bits per heavy atom. The summed E-state index contributed by atoms with van der Waals surface area (Å²) in [7, 11) is 0. The Kier molecular flexibility index (Phi) is 3.28. The van der Waals surface area contributed by atoms with Crippen molar-refractivity contribution in [3.63, 3.8) is 0 Å². The number of carboxylic acids is 1. The number of aromatic hydroxyl groups is 1. The largest absolute Gasteiger partial charge is 0.505 e. The number of aromatic nitrogens is 1. The average Bonchev–Trinajstić information content (AvgIpc) is 2.49. The van der Waals surface area contributed by atoms with Gasteiger partial charge < -0.3 is 10.2 Å². The van der Waals surface area contributed by atoms with Crippen molar-refractivity contribution >= 4 is 16.9 Å². The monoisotopic (exact) mass is 279 g/mol. The van der Waals surface area contributed by atoms with Crippen LogP contribution in [0.15, 0.2) is 54.6 Å². The quantitative estimate of drug-likeness (QED) is 0.772. The van der Waals surface area contributed by atoms with Gasteiger partial charge in [0.15, 0.2) is 5.75 Å². The normalized spacial score (nSPS) is 10.7. The maximum Gasteiger partial charge on any atom is 0.340 e. The molecule has 2 aromatic carbocycles. The number of aromatic carboxylic acids is 1. The fraction of sp³-hybridized carbons (Fsp3) is 0.0588. The molecule has 0 saturated carbocycles. The minimum absolute atomic E-state index is 0.0912. The number of carbonyl (C=O) groups is 1. The molecule has 0 unspecified atom stereocenters. The van der Waals surface area contributed by atoms with Crippen LogP contribution in [0.1, 0.15) is 21.6 Å². The summed E-state index contributed by atoms with van der Waals surface area (Å²) in [4.78, 5) is 15.9. The number of rotatable bonds is 3. The second-order valence-electron chi connectivity index (χ2n) is 4.77. The number of benzene rings is 2. The van der Waals surface area contributed by atoms with Crippen molar-refractivity contribution in [2.75, 3.05) is 0 Å². The van der Waals surface area contributed by atoms with Crippen LogP contribution in [0.5, 0.6) is 5.75 Å². The zero-order chi connectivity index (χ0) is 14.8. The molecule has 0 atom stereocenters. The predicted molar refractivity (Wildman–Crippen MR) is 79.6 cm³/mol. The van der Waals surface area contributed by atoms with Crippen LogP contribution < -0.4 is 0 Å². The van der Waals surface area contributed by atoms with Crippen molar-refractivity contribution in [1.29, 1.82) is 0 Å². The van der Waals surface area contributed by atoms with E-state index in [4.69, 9.17) is 0 Å². The molecule has 0 radical (unpaired) electrons. The highest BCUT2D eigenvalue weighted by Gasteiger charge is 2.19. The molecule has 21 heavy (non-hydrogen) atoms. The number of nitrogens with zero attached hydrogens (tertiary/aromatic N) is 1. The van der Waals surface area contributed by atoms with Crippen LogP contribution in [-0.4, -0.2) is 21.2 Å². The van der Waals surface area contributed by atoms with Gasteiger partial charge in [0.1, 0.15) is 5.56 Å². The fourth-order valence-electron chi connectivity index (χ4n) is 2.38. The molecule has 4 heteroatoms. The third-order valence-electron chi connectivity index (χ3n) is 3.37. The first-order valence-corrected chi connectivity index (χ1v) is 6.54. The maximum atomic E-state index is 11.5. The highest BCUT2D eigenvalue weighted by atomic mass is 16.4. The number of fused-ring (bicyclic) bond motifs is 1. The summed E-state index contributed by atoms with van der Waals surface area (Å²) in [6.45, 7) is 0. The third-order valence-corrected chi connectivity index (χ3v) is 3.37. The zero-order valence-electron chi connectivity index (χ0n) is 11.2. The van der Waals surface area contributed by atoms with E-state index in [1.54, 1.807) is 24.3 Å². The van der Waals surface area contributed by atoms with Crippen LogP contribution in [0.25, 0.3) is 10.9 Å². The fourth-order valence-corrected chi connectivity index (χ4v) is 2.38. The van der Waals surface area contributed by atoms with Crippen molar-refractivity contribution in [2.45, 2.75) is 6.42 Å². The minimum atomic E-state index is -1.15. The Morgan fingerprint density at radius 3 is 2.38 bits per heavy atom. The molecular formula is C17H13NO3. The minimum Gasteiger partial charge on any atom is -0.505 e. The van der Waals surface area contributed by atoms with Gasteiger partial charge in [-0.1, -0.05) is 48.5 Å². The Labute approximate surface area is 121 Å². The maximum absolute atomic E-state index is 11.5. The predicted octanol–water partition coefficient (Wildman–Crippen LogP) is 3.23. The SMILES string of the molecule is O=C(O)c1c(O)c(Cc2ccccc2)nc2ccccc12. The van der Waals surface area contributed by atoms with Gasteiger partial charge in [0.05, 0.1) is 11.2 Å². The van der Waals surface area contributed by atoms with E-state index in [1.165, 1.54) is 0 Å². The molecule has 0 fully saturated rings. The Balaban J connectivity index is 2.19. The Morgan fingerprint density at radius 1 is 1.00 bits per heavy atom. The highest BCUT2D eigenvalue weighted by molar-refractivity contribution is 6.05. The van der Waals surface area contributed by atoms with Gasteiger partial charge in [0.25, 0.3) is 0 Å². The van der Waals surface area contributed by atoms with Crippen molar-refractivity contribution in [3.8, 4) is 5.75 Å². The molecule has 104 valence electrons. The lowest BCUT2D eigenvalue weighted by Gasteiger charge is -2.10. The van der Waals surface area contributed by atoms with E-state index in [-0.39, 0.29) is 11.3 Å². The summed E-state index contributed by atoms with van der Waals surface area (Å²) in [6.07, 6.45) is 0.387. The summed E-state index contributed by atoms with van der Waals surface area (Å²) < 4.78 is 0. The van der Waals surface area contributed by atoms with Crippen molar-refractivity contribution < 1.29 is 15.0 Å². The van der Waals surface area contributed by atoms with E-state index in [0.717, 1.165) is 5.56 Å². The summed E-state index contributed by atoms with van der Waals surface area (Å²) in [5.41, 5.74) is 1.81. The molecule has 1 heterocycles. The summed E-state index contributed by atoms with van der Waals surface area (Å²) >= 11 is 0. The number of hydrogen-bond donors (Lipinski definition) is 2. The number of carboxylic acid groups (broad SMARTS) is 1. The van der Waals surface area contributed by atoms with E-state index < -0.39 is 5.97 Å². The second kappa shape index (κ2) is 5.25. The Bertz CT molecular complexity index is 813. The molecule has 3 aromatic rings. The van der Waals surface area contributed by atoms with Crippen molar-refractivity contribution in [3.05, 3.63) is 71.4 Å². The van der Waals surface area contributed by atoms with Gasteiger partial charge in [-0.2, -0.15) is 0 Å². The topological polar surface area (TPSA) is 70.4 Å². The van der Waals surface area contributed by atoms with Gasteiger partial charge in [-0.3, -0.25) is 0 Å². The first-order valence-electron chi connectivity index (χ1n) is 6.54. The van der Waals surface area contributed by atoms with E-state index in [2.05, 4.69) is 4.98 Å². The summed E-state index contributed by atoms with van der Waals surface area (Å²) in [6, 6.07) is 16.4. The lowest BCUT2D eigenvalue weighted by molar-refractivity contribution is 0.0695. The van der Waals surface area contributed by atoms with E-state index in [9.17, 15) is 15.0 Å². The summed E-state index contributed by atoms with van der Waals surface area (Å²) in [5, 5.41) is 20.1. The van der Waals surface area contributed by atoms with Gasteiger partial charge in [-0.15, -0.1) is 0 Å². The smallest absolute Gasteiger partial charge is 0.340 e. The first-order chi connectivity index (χ1) is 10.2. The molecule has 0 saturated heterocycles. The van der Waals surface area contributed by atoms with Crippen LogP contribution >= 0.6 is 0 Å². The number of para-hydroxylation sites is 1. The van der Waals surface area contributed by atoms with Gasteiger partial charge in [0.2, 0.25) is 0 Å². The highest BCUT2D eigenvalue weighted by Crippen LogP contribution is 2.30. The zero-order valence-corrected chi connectivity index (χ0v) is 11.2. The molecule has 0 spiro atoms. The molecule has 2 N–H and O–H groups in total. The van der Waals surface area contributed by atoms with Gasteiger partial charge in [-0.05, 0) is 11.6 Å². The van der Waals surface area contributed by atoms with Gasteiger partial charge in [0, 0.05) is 11.8 Å². The van der Waals surface area contributed by atoms with E-state index in [0.29, 0.717) is 23.0 Å². The number of hydrogen-bond acceptors (Lipinski definition) is 3. The van der Waals surface area contributed by atoms with Crippen LogP contribution in [0.2, 0.25) is 0 Å². The van der Waals surface area contributed by atoms with E-state index in [1.807, 2.05) is 30.3 Å². The second-order valence-corrected chi connectivity index (χ2v) is 4.77. The molecule has 0 aliphatic rings. The third kappa shape index (κ3) is 2.43. The van der Waals surface area contributed by atoms with Crippen molar-refractivity contribution in [2.24, 2.45) is 0 Å². The van der Waals surface area contributed by atoms with E-state index >= 15 is 0 Å². The van der Waals surface area contributed by atoms with Crippen LogP contribution in [0, 0.1) is 0 Å². The number of pyridine rings is 1. The molecule has 3 rings (SSSR count). The molecule has 4 nitrogen and oxygen atoms in total. The lowest BCUT2D eigenvalue weighted by atomic mass is 10.0. The van der Waals surface area contributed by atoms with Crippen LogP contribution in [-0.2, 0) is 6.42 Å². The summed E-state index contributed by atoms with van der Waals surface area (Å²) in [5.74, 6) is -1.41. The average molecular weight is 279 g/mol. The molecule has 0 bridgehead atoms. The van der Waals surface area contributed by atoms with Gasteiger partial charge >= 0.3 is 5.97 Å². The molecule has 0 aliphatic heterocycles. The molecular weight excluding hydrogens is 266 g/mol. The van der Waals surface area contributed by atoms with Crippen LogP contribution in [0.4, 0.5) is 0 Å². The lowest BCUT2D eigenvalue weighted by Crippen LogP contribution is -2.04. The molecule has 0 amide bonds. The first kappa shape index (κ1) is 13.1.